The first-order valence-electron chi connectivity index (χ1n) is 6.93. The molecular formula is C17H20N2. The van der Waals surface area contributed by atoms with Crippen LogP contribution in [0.25, 0.3) is 0 Å². The van der Waals surface area contributed by atoms with Crippen molar-refractivity contribution in [2.24, 2.45) is 0 Å². The zero-order chi connectivity index (χ0) is 13.1. The molecule has 0 N–H and O–H groups in total. The molecule has 98 valence electrons. The van der Waals surface area contributed by atoms with E-state index in [1.54, 1.807) is 0 Å². The molecule has 2 aromatic rings. The number of fused-ring (bicyclic) bond motifs is 1. The van der Waals surface area contributed by atoms with Gasteiger partial charge in [-0.2, -0.15) is 0 Å². The second-order valence-corrected chi connectivity index (χ2v) is 5.12. The minimum atomic E-state index is 1.05. The zero-order valence-electron chi connectivity index (χ0n) is 11.4. The molecule has 1 aliphatic rings. The Kier molecular flexibility index (Phi) is 3.41. The summed E-state index contributed by atoms with van der Waals surface area (Å²) in [5, 5.41) is 0. The third kappa shape index (κ3) is 2.58. The number of rotatable bonds is 4. The molecule has 1 heterocycles. The van der Waals surface area contributed by atoms with E-state index in [1.807, 2.05) is 0 Å². The molecule has 3 rings (SSSR count). The van der Waals surface area contributed by atoms with Crippen molar-refractivity contribution in [1.29, 1.82) is 0 Å². The number of para-hydroxylation sites is 2. The molecule has 0 amide bonds. The fourth-order valence-corrected chi connectivity index (χ4v) is 2.72. The van der Waals surface area contributed by atoms with Crippen LogP contribution in [0.4, 0.5) is 11.4 Å². The van der Waals surface area contributed by atoms with Crippen molar-refractivity contribution in [2.45, 2.75) is 6.42 Å². The highest BCUT2D eigenvalue weighted by Gasteiger charge is 2.17. The van der Waals surface area contributed by atoms with Crippen molar-refractivity contribution < 1.29 is 0 Å². The molecule has 19 heavy (non-hydrogen) atoms. The minimum absolute atomic E-state index is 1.05. The van der Waals surface area contributed by atoms with Crippen LogP contribution in [0.5, 0.6) is 0 Å². The van der Waals surface area contributed by atoms with Gasteiger partial charge in [0.2, 0.25) is 0 Å². The van der Waals surface area contributed by atoms with Crippen molar-refractivity contribution in [1.82, 2.24) is 0 Å². The summed E-state index contributed by atoms with van der Waals surface area (Å²) in [6.45, 7) is 3.29. The molecule has 0 saturated carbocycles. The molecule has 2 heteroatoms. The van der Waals surface area contributed by atoms with E-state index in [0.29, 0.717) is 0 Å². The average molecular weight is 252 g/mol. The molecule has 0 aliphatic carbocycles. The highest BCUT2D eigenvalue weighted by Crippen LogP contribution is 2.27. The van der Waals surface area contributed by atoms with Crippen LogP contribution in [0.3, 0.4) is 0 Å². The Hall–Kier alpha value is -1.96. The Balaban J connectivity index is 1.62. The summed E-state index contributed by atoms with van der Waals surface area (Å²) < 4.78 is 0. The number of benzene rings is 2. The second kappa shape index (κ2) is 5.35. The maximum absolute atomic E-state index is 2.49. The van der Waals surface area contributed by atoms with Gasteiger partial charge in [0.15, 0.2) is 0 Å². The van der Waals surface area contributed by atoms with E-state index in [2.05, 4.69) is 71.4 Å². The highest BCUT2D eigenvalue weighted by atomic mass is 15.2. The van der Waals surface area contributed by atoms with Crippen LogP contribution in [0, 0.1) is 0 Å². The number of hydrogen-bond acceptors (Lipinski definition) is 2. The third-order valence-electron chi connectivity index (χ3n) is 3.89. The normalized spacial score (nSPS) is 13.4. The number of hydrogen-bond donors (Lipinski definition) is 0. The van der Waals surface area contributed by atoms with Gasteiger partial charge in [-0.1, -0.05) is 36.4 Å². The summed E-state index contributed by atoms with van der Waals surface area (Å²) in [5.41, 5.74) is 4.20. The van der Waals surface area contributed by atoms with Gasteiger partial charge in [0.25, 0.3) is 0 Å². The van der Waals surface area contributed by atoms with Crippen LogP contribution >= 0.6 is 0 Å². The van der Waals surface area contributed by atoms with E-state index in [0.717, 1.165) is 19.6 Å². The minimum Gasteiger partial charge on any atom is -0.373 e. The zero-order valence-corrected chi connectivity index (χ0v) is 11.4. The Morgan fingerprint density at radius 2 is 1.74 bits per heavy atom. The van der Waals surface area contributed by atoms with Crippen molar-refractivity contribution in [3.8, 4) is 0 Å². The van der Waals surface area contributed by atoms with E-state index in [4.69, 9.17) is 0 Å². The largest absolute Gasteiger partial charge is 0.373 e. The number of likely N-dealkylation sites (N-methyl/N-ethyl adjacent to an activating group) is 1. The van der Waals surface area contributed by atoms with Gasteiger partial charge in [0.1, 0.15) is 0 Å². The van der Waals surface area contributed by atoms with Crippen LogP contribution in [0.15, 0.2) is 54.6 Å². The number of nitrogens with zero attached hydrogens (tertiary/aromatic N) is 2. The van der Waals surface area contributed by atoms with Gasteiger partial charge in [0, 0.05) is 38.1 Å². The molecule has 0 unspecified atom stereocenters. The molecule has 0 saturated heterocycles. The van der Waals surface area contributed by atoms with Gasteiger partial charge in [0.05, 0.1) is 0 Å². The van der Waals surface area contributed by atoms with Crippen LogP contribution in [-0.2, 0) is 6.42 Å². The van der Waals surface area contributed by atoms with Gasteiger partial charge in [-0.15, -0.1) is 0 Å². The van der Waals surface area contributed by atoms with Gasteiger partial charge < -0.3 is 9.80 Å². The molecule has 0 aromatic heterocycles. The summed E-state index contributed by atoms with van der Waals surface area (Å²) in [6.07, 6.45) is 1.19. The molecule has 0 spiro atoms. The van der Waals surface area contributed by atoms with Gasteiger partial charge in [-0.3, -0.25) is 0 Å². The van der Waals surface area contributed by atoms with Gasteiger partial charge >= 0.3 is 0 Å². The van der Waals surface area contributed by atoms with Crippen molar-refractivity contribution in [3.63, 3.8) is 0 Å². The summed E-state index contributed by atoms with van der Waals surface area (Å²) in [7, 11) is 2.16. The lowest BCUT2D eigenvalue weighted by Gasteiger charge is -2.25. The van der Waals surface area contributed by atoms with Crippen LogP contribution in [0.1, 0.15) is 5.56 Å². The van der Waals surface area contributed by atoms with Crippen LogP contribution in [-0.4, -0.2) is 26.7 Å². The van der Waals surface area contributed by atoms with Crippen molar-refractivity contribution in [2.75, 3.05) is 36.5 Å². The fraction of sp³-hybridized carbons (Fsp3) is 0.294. The summed E-state index contributed by atoms with van der Waals surface area (Å²) in [5.74, 6) is 0. The molecule has 0 radical (unpaired) electrons. The Morgan fingerprint density at radius 1 is 1.00 bits per heavy atom. The summed E-state index contributed by atoms with van der Waals surface area (Å²) in [6, 6.07) is 19.3. The monoisotopic (exact) mass is 252 g/mol. The van der Waals surface area contributed by atoms with E-state index >= 15 is 0 Å². The predicted molar refractivity (Wildman–Crippen MR) is 82.1 cm³/mol. The first kappa shape index (κ1) is 12.1. The quantitative estimate of drug-likeness (QED) is 0.824. The first-order valence-corrected chi connectivity index (χ1v) is 6.93. The standard InChI is InChI=1S/C17H20N2/c1-18(16-8-3-2-4-9-16)13-14-19-12-11-15-7-5-6-10-17(15)19/h2-10H,11-14H2,1H3. The van der Waals surface area contributed by atoms with Crippen molar-refractivity contribution in [3.05, 3.63) is 60.2 Å². The topological polar surface area (TPSA) is 6.48 Å². The maximum atomic E-state index is 2.49. The maximum Gasteiger partial charge on any atom is 0.0400 e. The predicted octanol–water partition coefficient (Wildman–Crippen LogP) is 3.19. The third-order valence-corrected chi connectivity index (χ3v) is 3.89. The molecule has 0 fully saturated rings. The molecule has 1 aliphatic heterocycles. The Bertz CT molecular complexity index is 536. The van der Waals surface area contributed by atoms with Crippen molar-refractivity contribution >= 4 is 11.4 Å². The molecule has 0 atom stereocenters. The Morgan fingerprint density at radius 3 is 2.58 bits per heavy atom. The summed E-state index contributed by atoms with van der Waals surface area (Å²) >= 11 is 0. The smallest absolute Gasteiger partial charge is 0.0400 e. The van der Waals surface area contributed by atoms with E-state index < -0.39 is 0 Å². The van der Waals surface area contributed by atoms with Crippen LogP contribution in [0.2, 0.25) is 0 Å². The lowest BCUT2D eigenvalue weighted by molar-refractivity contribution is 0.790. The molecule has 2 aromatic carbocycles. The number of anilines is 2. The molecular weight excluding hydrogens is 232 g/mol. The van der Waals surface area contributed by atoms with Gasteiger partial charge in [-0.25, -0.2) is 0 Å². The van der Waals surface area contributed by atoms with E-state index in [-0.39, 0.29) is 0 Å². The Labute approximate surface area is 115 Å². The average Bonchev–Trinajstić information content (AvgIpc) is 2.89. The van der Waals surface area contributed by atoms with Crippen LogP contribution < -0.4 is 9.80 Å². The fourth-order valence-electron chi connectivity index (χ4n) is 2.72. The van der Waals surface area contributed by atoms with Gasteiger partial charge in [-0.05, 0) is 30.2 Å². The van der Waals surface area contributed by atoms with E-state index in [9.17, 15) is 0 Å². The second-order valence-electron chi connectivity index (χ2n) is 5.12. The molecule has 2 nitrogen and oxygen atoms in total. The first-order chi connectivity index (χ1) is 9.34. The van der Waals surface area contributed by atoms with E-state index in [1.165, 1.54) is 23.4 Å². The highest BCUT2D eigenvalue weighted by molar-refractivity contribution is 5.58. The SMILES string of the molecule is CN(CCN1CCc2ccccc21)c1ccccc1. The lowest BCUT2D eigenvalue weighted by Crippen LogP contribution is -2.32. The summed E-state index contributed by atoms with van der Waals surface area (Å²) in [4.78, 5) is 4.82. The lowest BCUT2D eigenvalue weighted by atomic mass is 10.2. The molecule has 0 bridgehead atoms.